The number of benzene rings is 1. The van der Waals surface area contributed by atoms with Crippen LogP contribution in [0.1, 0.15) is 37.4 Å². The number of hydrogen-bond donors (Lipinski definition) is 2. The van der Waals surface area contributed by atoms with Crippen LogP contribution >= 0.6 is 0 Å². The summed E-state index contributed by atoms with van der Waals surface area (Å²) in [6.45, 7) is 0. The first-order chi connectivity index (χ1) is 10.4. The van der Waals surface area contributed by atoms with Gasteiger partial charge in [0.25, 0.3) is 0 Å². The van der Waals surface area contributed by atoms with E-state index >= 15 is 0 Å². The maximum absolute atomic E-state index is 14.2. The molecule has 1 aliphatic carbocycles. The van der Waals surface area contributed by atoms with Crippen LogP contribution in [0, 0.1) is 11.8 Å². The molecule has 1 aromatic heterocycles. The Kier molecular flexibility index (Phi) is 3.52. The number of carbonyl (C=O) groups excluding carboxylic acids is 1. The first-order valence-corrected chi connectivity index (χ1v) is 7.14. The molecule has 116 valence electrons. The van der Waals surface area contributed by atoms with Crippen molar-refractivity contribution in [3.63, 3.8) is 0 Å². The van der Waals surface area contributed by atoms with Gasteiger partial charge in [0, 0.05) is 5.92 Å². The summed E-state index contributed by atoms with van der Waals surface area (Å²) in [6.07, 6.45) is 2.53. The van der Waals surface area contributed by atoms with Gasteiger partial charge < -0.3 is 11.5 Å². The highest BCUT2D eigenvalue weighted by Gasteiger charge is 2.45. The number of aromatic nitrogens is 2. The molecule has 4 N–H and O–H groups in total. The summed E-state index contributed by atoms with van der Waals surface area (Å²) in [5, 5.41) is -0.260. The van der Waals surface area contributed by atoms with Crippen molar-refractivity contribution in [2.75, 3.05) is 0 Å². The van der Waals surface area contributed by atoms with Crippen LogP contribution in [0.2, 0.25) is 0 Å². The highest BCUT2D eigenvalue weighted by Crippen LogP contribution is 2.38. The largest absolute Gasteiger partial charge is 0.368 e. The maximum atomic E-state index is 14.2. The predicted octanol–water partition coefficient (Wildman–Crippen LogP) is 1.75. The first-order valence-electron chi connectivity index (χ1n) is 7.14. The van der Waals surface area contributed by atoms with Gasteiger partial charge in [0.15, 0.2) is 0 Å². The molecule has 2 aromatic rings. The van der Waals surface area contributed by atoms with Crippen molar-refractivity contribution in [3.8, 4) is 0 Å². The molecule has 1 aromatic carbocycles. The standard InChI is InChI=1S/C15H16F2N4O/c16-9-5-3-6-10-11(9)12(17)21-13(20-10)8-4-1-2-7-15(8,19)14(18)22/h3,5-6,8H,1-2,4,7,19H2,(H2,18,22). The summed E-state index contributed by atoms with van der Waals surface area (Å²) in [4.78, 5) is 19.7. The normalized spacial score (nSPS) is 25.3. The van der Waals surface area contributed by atoms with E-state index in [2.05, 4.69) is 9.97 Å². The SMILES string of the molecule is NC(=O)C1(N)CCCCC1c1nc(F)c2c(F)cccc2n1. The first kappa shape index (κ1) is 14.8. The number of halogens is 2. The van der Waals surface area contributed by atoms with Crippen LogP contribution < -0.4 is 11.5 Å². The molecule has 22 heavy (non-hydrogen) atoms. The van der Waals surface area contributed by atoms with Gasteiger partial charge in [0.1, 0.15) is 17.2 Å². The zero-order chi connectivity index (χ0) is 15.9. The summed E-state index contributed by atoms with van der Waals surface area (Å²) < 4.78 is 27.8. The Balaban J connectivity index is 2.15. The quantitative estimate of drug-likeness (QED) is 0.826. The molecule has 1 aliphatic rings. The fourth-order valence-corrected chi connectivity index (χ4v) is 3.12. The Morgan fingerprint density at radius 3 is 2.77 bits per heavy atom. The molecular formula is C15H16F2N4O. The lowest BCUT2D eigenvalue weighted by Gasteiger charge is -2.37. The minimum absolute atomic E-state index is 0.108. The number of rotatable bonds is 2. The number of nitrogens with zero attached hydrogens (tertiary/aromatic N) is 2. The monoisotopic (exact) mass is 306 g/mol. The zero-order valence-corrected chi connectivity index (χ0v) is 11.9. The second kappa shape index (κ2) is 5.24. The molecule has 2 unspecified atom stereocenters. The van der Waals surface area contributed by atoms with Crippen LogP contribution in [0.25, 0.3) is 10.9 Å². The second-order valence-electron chi connectivity index (χ2n) is 5.71. The van der Waals surface area contributed by atoms with Crippen LogP contribution in [0.3, 0.4) is 0 Å². The Hall–Kier alpha value is -2.15. The molecule has 3 rings (SSSR count). The third-order valence-corrected chi connectivity index (χ3v) is 4.37. The number of fused-ring (bicyclic) bond motifs is 1. The minimum Gasteiger partial charge on any atom is -0.368 e. The molecule has 0 bridgehead atoms. The molecular weight excluding hydrogens is 290 g/mol. The highest BCUT2D eigenvalue weighted by molar-refractivity contribution is 5.86. The number of nitrogens with two attached hydrogens (primary N) is 2. The van der Waals surface area contributed by atoms with Gasteiger partial charge in [-0.3, -0.25) is 4.79 Å². The van der Waals surface area contributed by atoms with E-state index in [0.29, 0.717) is 12.8 Å². The Bertz CT molecular complexity index is 752. The van der Waals surface area contributed by atoms with E-state index in [0.717, 1.165) is 18.9 Å². The fraction of sp³-hybridized carbons (Fsp3) is 0.400. The topological polar surface area (TPSA) is 94.9 Å². The zero-order valence-electron chi connectivity index (χ0n) is 11.9. The molecule has 1 amide bonds. The molecule has 1 saturated carbocycles. The molecule has 0 aliphatic heterocycles. The van der Waals surface area contributed by atoms with E-state index in [1.54, 1.807) is 0 Å². The summed E-state index contributed by atoms with van der Waals surface area (Å²) in [5.74, 6) is -2.78. The summed E-state index contributed by atoms with van der Waals surface area (Å²) in [6, 6.07) is 4.09. The van der Waals surface area contributed by atoms with Crippen LogP contribution in [0.5, 0.6) is 0 Å². The summed E-state index contributed by atoms with van der Waals surface area (Å²) >= 11 is 0. The Morgan fingerprint density at radius 1 is 1.27 bits per heavy atom. The molecule has 7 heteroatoms. The number of hydrogen-bond acceptors (Lipinski definition) is 4. The van der Waals surface area contributed by atoms with Gasteiger partial charge in [0.2, 0.25) is 11.9 Å². The van der Waals surface area contributed by atoms with Gasteiger partial charge in [-0.15, -0.1) is 0 Å². The fourth-order valence-electron chi connectivity index (χ4n) is 3.12. The number of carbonyl (C=O) groups is 1. The van der Waals surface area contributed by atoms with Crippen molar-refractivity contribution >= 4 is 16.8 Å². The smallest absolute Gasteiger partial charge is 0.238 e. The van der Waals surface area contributed by atoms with Crippen LogP contribution in [-0.4, -0.2) is 21.4 Å². The average molecular weight is 306 g/mol. The molecule has 0 saturated heterocycles. The van der Waals surface area contributed by atoms with E-state index in [-0.39, 0.29) is 16.7 Å². The van der Waals surface area contributed by atoms with Crippen molar-refractivity contribution < 1.29 is 13.6 Å². The molecule has 1 heterocycles. The predicted molar refractivity (Wildman–Crippen MR) is 76.8 cm³/mol. The second-order valence-corrected chi connectivity index (χ2v) is 5.71. The number of amides is 1. The van der Waals surface area contributed by atoms with Gasteiger partial charge in [-0.05, 0) is 25.0 Å². The average Bonchev–Trinajstić information content (AvgIpc) is 2.47. The highest BCUT2D eigenvalue weighted by atomic mass is 19.1. The van der Waals surface area contributed by atoms with E-state index < -0.39 is 29.1 Å². The van der Waals surface area contributed by atoms with Crippen molar-refractivity contribution in [2.24, 2.45) is 11.5 Å². The molecule has 5 nitrogen and oxygen atoms in total. The van der Waals surface area contributed by atoms with Gasteiger partial charge in [-0.1, -0.05) is 18.9 Å². The van der Waals surface area contributed by atoms with E-state index in [1.165, 1.54) is 12.1 Å². The van der Waals surface area contributed by atoms with E-state index in [1.807, 2.05) is 0 Å². The molecule has 0 spiro atoms. The van der Waals surface area contributed by atoms with Gasteiger partial charge in [-0.25, -0.2) is 14.4 Å². The number of primary amides is 1. The van der Waals surface area contributed by atoms with Crippen molar-refractivity contribution in [1.29, 1.82) is 0 Å². The minimum atomic E-state index is -1.30. The maximum Gasteiger partial charge on any atom is 0.238 e. The third-order valence-electron chi connectivity index (χ3n) is 4.37. The van der Waals surface area contributed by atoms with Crippen LogP contribution in [0.15, 0.2) is 18.2 Å². The van der Waals surface area contributed by atoms with Crippen LogP contribution in [-0.2, 0) is 4.79 Å². The van der Waals surface area contributed by atoms with Gasteiger partial charge in [0.05, 0.1) is 10.9 Å². The Labute approximate surface area is 125 Å². The molecule has 2 atom stereocenters. The molecule has 0 radical (unpaired) electrons. The van der Waals surface area contributed by atoms with E-state index in [4.69, 9.17) is 11.5 Å². The van der Waals surface area contributed by atoms with Crippen molar-refractivity contribution in [3.05, 3.63) is 35.8 Å². The lowest BCUT2D eigenvalue weighted by atomic mass is 9.72. The summed E-state index contributed by atoms with van der Waals surface area (Å²) in [5.41, 5.74) is 10.4. The third kappa shape index (κ3) is 2.21. The van der Waals surface area contributed by atoms with Gasteiger partial charge in [-0.2, -0.15) is 4.39 Å². The van der Waals surface area contributed by atoms with Crippen molar-refractivity contribution in [2.45, 2.75) is 37.1 Å². The van der Waals surface area contributed by atoms with Crippen molar-refractivity contribution in [1.82, 2.24) is 9.97 Å². The lowest BCUT2D eigenvalue weighted by Crippen LogP contribution is -2.58. The van der Waals surface area contributed by atoms with Gasteiger partial charge >= 0.3 is 0 Å². The van der Waals surface area contributed by atoms with Crippen LogP contribution in [0.4, 0.5) is 8.78 Å². The Morgan fingerprint density at radius 2 is 2.05 bits per heavy atom. The molecule has 1 fully saturated rings. The lowest BCUT2D eigenvalue weighted by molar-refractivity contribution is -0.125. The van der Waals surface area contributed by atoms with E-state index in [9.17, 15) is 13.6 Å². The summed E-state index contributed by atoms with van der Waals surface area (Å²) in [7, 11) is 0.